The third-order valence-electron chi connectivity index (χ3n) is 3.71. The summed E-state index contributed by atoms with van der Waals surface area (Å²) in [6.45, 7) is 2.52. The van der Waals surface area contributed by atoms with Gasteiger partial charge in [0.05, 0.1) is 6.42 Å². The summed E-state index contributed by atoms with van der Waals surface area (Å²) in [6.07, 6.45) is 0.299. The minimum Gasteiger partial charge on any atom is -0.312 e. The van der Waals surface area contributed by atoms with Gasteiger partial charge in [0, 0.05) is 22.4 Å². The van der Waals surface area contributed by atoms with Crippen LogP contribution in [0.5, 0.6) is 0 Å². The lowest BCUT2D eigenvalue weighted by Gasteiger charge is -2.15. The number of hydrogen-bond acceptors (Lipinski definition) is 3. The largest absolute Gasteiger partial charge is 0.312 e. The van der Waals surface area contributed by atoms with Gasteiger partial charge in [0.25, 0.3) is 10.0 Å². The highest BCUT2D eigenvalue weighted by Gasteiger charge is 2.26. The number of halogens is 1. The Bertz CT molecular complexity index is 881. The molecule has 120 valence electrons. The molecule has 0 bridgehead atoms. The molecule has 23 heavy (non-hydrogen) atoms. The van der Waals surface area contributed by atoms with E-state index >= 15 is 0 Å². The Kier molecular flexibility index (Phi) is 4.16. The predicted octanol–water partition coefficient (Wildman–Crippen LogP) is 3.16. The second-order valence-corrected chi connectivity index (χ2v) is 7.70. The van der Waals surface area contributed by atoms with E-state index in [1.54, 1.807) is 41.3 Å². The molecule has 1 amide bonds. The molecular weight excluding hydrogens is 380 g/mol. The van der Waals surface area contributed by atoms with Crippen molar-refractivity contribution >= 4 is 43.2 Å². The van der Waals surface area contributed by atoms with Gasteiger partial charge in [0.1, 0.15) is 4.90 Å². The van der Waals surface area contributed by atoms with Crippen molar-refractivity contribution in [1.29, 1.82) is 0 Å². The molecule has 5 nitrogen and oxygen atoms in total. The van der Waals surface area contributed by atoms with Crippen LogP contribution in [-0.2, 0) is 21.2 Å². The highest BCUT2D eigenvalue weighted by molar-refractivity contribution is 9.10. The first-order chi connectivity index (χ1) is 10.9. The first kappa shape index (κ1) is 16.0. The number of rotatable bonds is 4. The summed E-state index contributed by atoms with van der Waals surface area (Å²) in [5.41, 5.74) is 2.13. The van der Waals surface area contributed by atoms with Gasteiger partial charge in [-0.25, -0.2) is 8.42 Å². The fourth-order valence-electron chi connectivity index (χ4n) is 2.67. The van der Waals surface area contributed by atoms with E-state index in [9.17, 15) is 13.2 Å². The van der Waals surface area contributed by atoms with Crippen LogP contribution in [0.15, 0.2) is 51.8 Å². The lowest BCUT2D eigenvalue weighted by Crippen LogP contribution is -2.25. The lowest BCUT2D eigenvalue weighted by molar-refractivity contribution is -0.117. The van der Waals surface area contributed by atoms with E-state index in [0.717, 1.165) is 11.3 Å². The smallest absolute Gasteiger partial charge is 0.263 e. The maximum absolute atomic E-state index is 12.5. The molecule has 0 spiro atoms. The Morgan fingerprint density at radius 2 is 1.96 bits per heavy atom. The van der Waals surface area contributed by atoms with Gasteiger partial charge in [-0.05, 0) is 58.7 Å². The van der Waals surface area contributed by atoms with E-state index in [1.165, 1.54) is 6.07 Å². The average Bonchev–Trinajstić information content (AvgIpc) is 2.81. The van der Waals surface area contributed by atoms with E-state index in [0.29, 0.717) is 23.1 Å². The molecule has 0 saturated carbocycles. The van der Waals surface area contributed by atoms with Crippen LogP contribution in [0, 0.1) is 0 Å². The number of fused-ring (bicyclic) bond motifs is 1. The standard InChI is InChI=1S/C16H15BrN2O3S/c1-2-19-14-8-7-12(9-11(14)10-16(19)20)18-23(21,22)15-6-4-3-5-13(15)17/h3-9,18H,2,10H2,1H3. The number of benzene rings is 2. The summed E-state index contributed by atoms with van der Waals surface area (Å²) in [4.78, 5) is 13.8. The van der Waals surface area contributed by atoms with Crippen molar-refractivity contribution in [3.8, 4) is 0 Å². The van der Waals surface area contributed by atoms with Crippen LogP contribution >= 0.6 is 15.9 Å². The third kappa shape index (κ3) is 2.98. The van der Waals surface area contributed by atoms with Gasteiger partial charge in [0.2, 0.25) is 5.91 Å². The minimum absolute atomic E-state index is 0.0355. The predicted molar refractivity (Wildman–Crippen MR) is 93.1 cm³/mol. The second-order valence-electron chi connectivity index (χ2n) is 5.19. The molecule has 0 unspecified atom stereocenters. The number of carbonyl (C=O) groups excluding carboxylic acids is 1. The number of likely N-dealkylation sites (N-methyl/N-ethyl adjacent to an activating group) is 1. The maximum atomic E-state index is 12.5. The van der Waals surface area contributed by atoms with Gasteiger partial charge in [-0.2, -0.15) is 0 Å². The lowest BCUT2D eigenvalue weighted by atomic mass is 10.1. The summed E-state index contributed by atoms with van der Waals surface area (Å²) < 4.78 is 28.0. The van der Waals surface area contributed by atoms with Crippen molar-refractivity contribution in [3.63, 3.8) is 0 Å². The van der Waals surface area contributed by atoms with Gasteiger partial charge < -0.3 is 4.90 Å². The van der Waals surface area contributed by atoms with Gasteiger partial charge in [-0.15, -0.1) is 0 Å². The molecule has 0 aromatic heterocycles. The van der Waals surface area contributed by atoms with E-state index in [1.807, 2.05) is 6.92 Å². The number of hydrogen-bond donors (Lipinski definition) is 1. The third-order valence-corrected chi connectivity index (χ3v) is 6.10. The molecule has 2 aromatic carbocycles. The fourth-order valence-corrected chi connectivity index (χ4v) is 4.72. The van der Waals surface area contributed by atoms with Crippen LogP contribution < -0.4 is 9.62 Å². The zero-order valence-electron chi connectivity index (χ0n) is 12.4. The van der Waals surface area contributed by atoms with Crippen LogP contribution in [0.4, 0.5) is 11.4 Å². The molecule has 0 aliphatic carbocycles. The van der Waals surface area contributed by atoms with Crippen molar-refractivity contribution in [1.82, 2.24) is 0 Å². The molecule has 0 fully saturated rings. The number of anilines is 2. The van der Waals surface area contributed by atoms with Gasteiger partial charge in [-0.1, -0.05) is 12.1 Å². The van der Waals surface area contributed by atoms with Crippen molar-refractivity contribution in [3.05, 3.63) is 52.5 Å². The summed E-state index contributed by atoms with van der Waals surface area (Å²) in [5.74, 6) is 0.0355. The molecule has 0 saturated heterocycles. The van der Waals surface area contributed by atoms with E-state index < -0.39 is 10.0 Å². The first-order valence-electron chi connectivity index (χ1n) is 7.13. The van der Waals surface area contributed by atoms with Crippen molar-refractivity contribution in [2.75, 3.05) is 16.2 Å². The second kappa shape index (κ2) is 5.98. The highest BCUT2D eigenvalue weighted by Crippen LogP contribution is 2.32. The molecule has 7 heteroatoms. The summed E-state index contributed by atoms with van der Waals surface area (Å²) in [7, 11) is -3.69. The summed E-state index contributed by atoms with van der Waals surface area (Å²) in [6, 6.07) is 11.8. The highest BCUT2D eigenvalue weighted by atomic mass is 79.9. The van der Waals surface area contributed by atoms with E-state index in [4.69, 9.17) is 0 Å². The van der Waals surface area contributed by atoms with Gasteiger partial charge in [0.15, 0.2) is 0 Å². The number of carbonyl (C=O) groups is 1. The number of nitrogens with zero attached hydrogens (tertiary/aromatic N) is 1. The van der Waals surface area contributed by atoms with Crippen LogP contribution in [0.25, 0.3) is 0 Å². The van der Waals surface area contributed by atoms with E-state index in [2.05, 4.69) is 20.7 Å². The van der Waals surface area contributed by atoms with E-state index in [-0.39, 0.29) is 10.8 Å². The molecule has 1 aliphatic heterocycles. The van der Waals surface area contributed by atoms with Crippen molar-refractivity contribution in [2.24, 2.45) is 0 Å². The number of amides is 1. The van der Waals surface area contributed by atoms with Gasteiger partial charge >= 0.3 is 0 Å². The maximum Gasteiger partial charge on any atom is 0.263 e. The molecule has 1 N–H and O–H groups in total. The van der Waals surface area contributed by atoms with Gasteiger partial charge in [-0.3, -0.25) is 9.52 Å². The Balaban J connectivity index is 1.92. The Hall–Kier alpha value is -1.86. The van der Waals surface area contributed by atoms with Crippen LogP contribution in [0.3, 0.4) is 0 Å². The normalized spacial score (nSPS) is 14.0. The van der Waals surface area contributed by atoms with Crippen LogP contribution in [0.1, 0.15) is 12.5 Å². The SMILES string of the molecule is CCN1C(=O)Cc2cc(NS(=O)(=O)c3ccccc3Br)ccc21. The molecular formula is C16H15BrN2O3S. The van der Waals surface area contributed by atoms with Crippen LogP contribution in [0.2, 0.25) is 0 Å². The molecule has 0 atom stereocenters. The quantitative estimate of drug-likeness (QED) is 0.865. The van der Waals surface area contributed by atoms with Crippen molar-refractivity contribution < 1.29 is 13.2 Å². The average molecular weight is 395 g/mol. The topological polar surface area (TPSA) is 66.5 Å². The summed E-state index contributed by atoms with van der Waals surface area (Å²) >= 11 is 3.25. The van der Waals surface area contributed by atoms with Crippen molar-refractivity contribution in [2.45, 2.75) is 18.2 Å². The first-order valence-corrected chi connectivity index (χ1v) is 9.40. The van der Waals surface area contributed by atoms with Crippen LogP contribution in [-0.4, -0.2) is 20.9 Å². The minimum atomic E-state index is -3.69. The Morgan fingerprint density at radius 1 is 1.22 bits per heavy atom. The summed E-state index contributed by atoms with van der Waals surface area (Å²) in [5, 5.41) is 0. The zero-order chi connectivity index (χ0) is 16.6. The molecule has 1 heterocycles. The molecule has 3 rings (SSSR count). The monoisotopic (exact) mass is 394 g/mol. The molecule has 0 radical (unpaired) electrons. The zero-order valence-corrected chi connectivity index (χ0v) is 14.8. The number of sulfonamides is 1. The Labute approximate surface area is 143 Å². The Morgan fingerprint density at radius 3 is 2.65 bits per heavy atom. The fraction of sp³-hybridized carbons (Fsp3) is 0.188. The number of nitrogens with one attached hydrogen (secondary N) is 1. The molecule has 1 aliphatic rings. The molecule has 2 aromatic rings.